The van der Waals surface area contributed by atoms with Gasteiger partial charge in [0.15, 0.2) is 0 Å². The molecule has 0 bridgehead atoms. The van der Waals surface area contributed by atoms with E-state index in [1.54, 1.807) is 0 Å². The fraction of sp³-hybridized carbons (Fsp3) is 0.520. The summed E-state index contributed by atoms with van der Waals surface area (Å²) in [4.78, 5) is 0. The molecule has 0 radical (unpaired) electrons. The lowest BCUT2D eigenvalue weighted by molar-refractivity contribution is 0.314. The van der Waals surface area contributed by atoms with Crippen molar-refractivity contribution in [3.8, 4) is 11.5 Å². The predicted molar refractivity (Wildman–Crippen MR) is 140 cm³/mol. The maximum absolute atomic E-state index is 10.8. The second-order valence-electron chi connectivity index (χ2n) is 9.98. The summed E-state index contributed by atoms with van der Waals surface area (Å²) in [6.45, 7) is 14.9. The largest absolute Gasteiger partial charge is 0.581 e. The summed E-state index contributed by atoms with van der Waals surface area (Å²) in [6.07, 6.45) is 2.07. The minimum absolute atomic E-state index is 0.103. The van der Waals surface area contributed by atoms with E-state index < -0.39 is 26.8 Å². The Balaban J connectivity index is 1.88. The van der Waals surface area contributed by atoms with Crippen LogP contribution in [0, 0.1) is 0 Å². The summed E-state index contributed by atoms with van der Waals surface area (Å²) in [5, 5.41) is 0. The maximum Gasteiger partial charge on any atom is 0.472 e. The van der Waals surface area contributed by atoms with E-state index in [2.05, 4.69) is 76.4 Å². The van der Waals surface area contributed by atoms with Gasteiger partial charge in [0.1, 0.15) is 11.5 Å². The molecule has 0 heterocycles. The Morgan fingerprint density at radius 3 is 1.75 bits per heavy atom. The Morgan fingerprint density at radius 2 is 1.31 bits per heavy atom. The molecule has 0 saturated heterocycles. The summed E-state index contributed by atoms with van der Waals surface area (Å²) in [7, 11) is -3.39. The fourth-order valence-corrected chi connectivity index (χ4v) is 7.15. The second kappa shape index (κ2) is 12.5. The molecule has 7 heteroatoms. The van der Waals surface area contributed by atoms with Crippen LogP contribution in [0.2, 0.25) is 38.3 Å². The molecule has 2 rings (SSSR count). The Bertz CT molecular complexity index is 818. The Labute approximate surface area is 199 Å². The zero-order valence-corrected chi connectivity index (χ0v) is 24.0. The van der Waals surface area contributed by atoms with Gasteiger partial charge in [-0.3, -0.25) is 0 Å². The molecule has 0 amide bonds. The lowest BCUT2D eigenvalue weighted by Gasteiger charge is -2.26. The minimum atomic E-state index is -1.79. The number of benzene rings is 2. The average Bonchev–Trinajstić information content (AvgIpc) is 2.75. The van der Waals surface area contributed by atoms with Crippen molar-refractivity contribution in [1.82, 2.24) is 0 Å². The molecule has 32 heavy (non-hydrogen) atoms. The summed E-state index contributed by atoms with van der Waals surface area (Å²) in [5.74, 6) is 1.83. The first-order valence-electron chi connectivity index (χ1n) is 11.7. The second-order valence-corrected chi connectivity index (χ2v) is 18.5. The molecule has 0 saturated carbocycles. The number of hydrogen-bond donors (Lipinski definition) is 0. The standard InChI is InChI=1S/C25H40O4Si3/c1-25(2,21-9-13-23(14-10-21)27-17-7-19-31(3)4)22-11-15-24(16-12-22)28-18-8-20-32(5,6)29-30-26/h9-16,30-31H,7-8,17-20H2,1-6H3. The summed E-state index contributed by atoms with van der Waals surface area (Å²) in [5.41, 5.74) is 2.41. The molecule has 176 valence electrons. The summed E-state index contributed by atoms with van der Waals surface area (Å²) in [6, 6.07) is 19.2. The Hall–Kier alpha value is -1.71. The highest BCUT2D eigenvalue weighted by molar-refractivity contribution is 6.74. The first-order chi connectivity index (χ1) is 15.1. The molecule has 2 aromatic carbocycles. The highest BCUT2D eigenvalue weighted by Crippen LogP contribution is 2.33. The predicted octanol–water partition coefficient (Wildman–Crippen LogP) is 5.96. The van der Waals surface area contributed by atoms with Crippen molar-refractivity contribution in [2.45, 2.75) is 70.4 Å². The molecule has 0 atom stereocenters. The molecule has 0 unspecified atom stereocenters. The lowest BCUT2D eigenvalue weighted by atomic mass is 9.78. The first kappa shape index (κ1) is 26.5. The summed E-state index contributed by atoms with van der Waals surface area (Å²) < 4.78 is 28.0. The Kier molecular flexibility index (Phi) is 10.4. The zero-order valence-electron chi connectivity index (χ0n) is 20.6. The molecule has 0 N–H and O–H groups in total. The van der Waals surface area contributed by atoms with Crippen molar-refractivity contribution in [3.63, 3.8) is 0 Å². The summed E-state index contributed by atoms with van der Waals surface area (Å²) >= 11 is 0. The van der Waals surface area contributed by atoms with Crippen molar-refractivity contribution in [1.29, 1.82) is 0 Å². The third kappa shape index (κ3) is 8.67. The van der Waals surface area contributed by atoms with Gasteiger partial charge in [-0.25, -0.2) is 0 Å². The topological polar surface area (TPSA) is 44.8 Å². The van der Waals surface area contributed by atoms with Crippen LogP contribution in [0.15, 0.2) is 48.5 Å². The smallest absolute Gasteiger partial charge is 0.472 e. The minimum Gasteiger partial charge on any atom is -0.581 e. The molecular weight excluding hydrogens is 449 g/mol. The van der Waals surface area contributed by atoms with E-state index in [-0.39, 0.29) is 5.41 Å². The Morgan fingerprint density at radius 1 is 0.844 bits per heavy atom. The third-order valence-corrected chi connectivity index (χ3v) is 12.0. The van der Waals surface area contributed by atoms with E-state index in [4.69, 9.17) is 13.6 Å². The normalized spacial score (nSPS) is 12.0. The molecule has 0 aromatic heterocycles. The highest BCUT2D eigenvalue weighted by Gasteiger charge is 2.24. The molecule has 0 aliphatic rings. The van der Waals surface area contributed by atoms with Crippen LogP contribution in [-0.2, 0) is 14.0 Å². The van der Waals surface area contributed by atoms with Crippen molar-refractivity contribution in [3.05, 3.63) is 59.7 Å². The van der Waals surface area contributed by atoms with Crippen LogP contribution in [0.4, 0.5) is 0 Å². The monoisotopic (exact) mass is 488 g/mol. The van der Waals surface area contributed by atoms with E-state index in [0.29, 0.717) is 6.61 Å². The van der Waals surface area contributed by atoms with E-state index in [0.717, 1.165) is 37.0 Å². The molecule has 0 aliphatic carbocycles. The van der Waals surface area contributed by atoms with Crippen LogP contribution >= 0.6 is 0 Å². The van der Waals surface area contributed by atoms with Gasteiger partial charge in [0.2, 0.25) is 8.32 Å². The van der Waals surface area contributed by atoms with Crippen LogP contribution in [0.25, 0.3) is 0 Å². The number of ether oxygens (including phenoxy) is 2. The third-order valence-electron chi connectivity index (χ3n) is 5.91. The highest BCUT2D eigenvalue weighted by atomic mass is 28.4. The van der Waals surface area contributed by atoms with Crippen LogP contribution < -0.4 is 9.47 Å². The molecule has 2 aromatic rings. The van der Waals surface area contributed by atoms with Crippen molar-refractivity contribution in [2.24, 2.45) is 0 Å². The number of rotatable bonds is 14. The van der Waals surface area contributed by atoms with Crippen LogP contribution in [0.5, 0.6) is 11.5 Å². The molecule has 4 nitrogen and oxygen atoms in total. The molecule has 0 aliphatic heterocycles. The molecule has 0 spiro atoms. The van der Waals surface area contributed by atoms with Crippen LogP contribution in [0.3, 0.4) is 0 Å². The van der Waals surface area contributed by atoms with Crippen LogP contribution in [0.1, 0.15) is 37.8 Å². The van der Waals surface area contributed by atoms with E-state index in [1.165, 1.54) is 17.2 Å². The quantitative estimate of drug-likeness (QED) is 0.243. The van der Waals surface area contributed by atoms with Gasteiger partial charge in [-0.15, -0.1) is 0 Å². The van der Waals surface area contributed by atoms with E-state index in [9.17, 15) is 4.46 Å². The lowest BCUT2D eigenvalue weighted by Crippen LogP contribution is -2.30. The van der Waals surface area contributed by atoms with Gasteiger partial charge in [0.05, 0.1) is 13.2 Å². The van der Waals surface area contributed by atoms with Gasteiger partial charge >= 0.3 is 9.65 Å². The van der Waals surface area contributed by atoms with Gasteiger partial charge in [0.25, 0.3) is 0 Å². The van der Waals surface area contributed by atoms with Gasteiger partial charge in [-0.2, -0.15) is 0 Å². The van der Waals surface area contributed by atoms with Gasteiger partial charge < -0.3 is 18.1 Å². The van der Waals surface area contributed by atoms with Gasteiger partial charge in [-0.05, 0) is 67.4 Å². The first-order valence-corrected chi connectivity index (χ1v) is 18.9. The van der Waals surface area contributed by atoms with Crippen molar-refractivity contribution in [2.75, 3.05) is 13.2 Å². The van der Waals surface area contributed by atoms with Crippen molar-refractivity contribution < 1.29 is 18.1 Å². The number of hydrogen-bond acceptors (Lipinski definition) is 4. The average molecular weight is 489 g/mol. The SMILES string of the molecule is C[SiH](C)CCCOc1ccc(C(C)(C)c2ccc(OCCC[Si](C)(C)O[SiH]=O)cc2)cc1. The van der Waals surface area contributed by atoms with Gasteiger partial charge in [0, 0.05) is 14.2 Å². The van der Waals surface area contributed by atoms with E-state index >= 15 is 0 Å². The molecule has 0 fully saturated rings. The fourth-order valence-electron chi connectivity index (χ4n) is 3.66. The maximum atomic E-state index is 10.8. The zero-order chi connectivity index (χ0) is 23.6. The van der Waals surface area contributed by atoms with Gasteiger partial charge in [-0.1, -0.05) is 57.3 Å². The van der Waals surface area contributed by atoms with Crippen molar-refractivity contribution >= 4 is 26.8 Å². The van der Waals surface area contributed by atoms with E-state index in [1.807, 2.05) is 12.1 Å². The molecular formula is C25H40O4Si3. The van der Waals surface area contributed by atoms with Crippen LogP contribution in [-0.4, -0.2) is 40.0 Å².